The van der Waals surface area contributed by atoms with E-state index >= 15 is 0 Å². The van der Waals surface area contributed by atoms with Crippen LogP contribution in [0.3, 0.4) is 0 Å². The lowest BCUT2D eigenvalue weighted by Gasteiger charge is -2.12. The second-order valence-corrected chi connectivity index (χ2v) is 5.24. The Kier molecular flexibility index (Phi) is 3.41. The largest absolute Gasteiger partial charge is 0.218 e. The van der Waals surface area contributed by atoms with Gasteiger partial charge < -0.3 is 0 Å². The van der Waals surface area contributed by atoms with Crippen molar-refractivity contribution in [3.05, 3.63) is 35.4 Å². The molecule has 0 aliphatic rings. The lowest BCUT2D eigenvalue weighted by molar-refractivity contribution is 0.496. The first-order valence-corrected chi connectivity index (χ1v) is 5.81. The molecular formula is C9H11F2NO2S. The van der Waals surface area contributed by atoms with E-state index in [2.05, 4.69) is 4.72 Å². The fraction of sp³-hybridized carbons (Fsp3) is 0.333. The molecule has 0 spiro atoms. The molecule has 1 aromatic rings. The first-order chi connectivity index (χ1) is 6.90. The van der Waals surface area contributed by atoms with E-state index in [0.29, 0.717) is 0 Å². The molecule has 0 radical (unpaired) electrons. The normalized spacial score (nSPS) is 13.9. The fourth-order valence-electron chi connectivity index (χ4n) is 1.18. The van der Waals surface area contributed by atoms with E-state index in [1.807, 2.05) is 0 Å². The van der Waals surface area contributed by atoms with Gasteiger partial charge in [-0.15, -0.1) is 0 Å². The second kappa shape index (κ2) is 4.24. The van der Waals surface area contributed by atoms with Gasteiger partial charge in [-0.25, -0.2) is 21.9 Å². The van der Waals surface area contributed by atoms with Gasteiger partial charge in [0.2, 0.25) is 10.0 Å². The van der Waals surface area contributed by atoms with Crippen LogP contribution in [0.2, 0.25) is 0 Å². The van der Waals surface area contributed by atoms with Crippen LogP contribution in [0, 0.1) is 11.6 Å². The molecule has 0 heterocycles. The van der Waals surface area contributed by atoms with Gasteiger partial charge in [0.1, 0.15) is 5.25 Å². The Morgan fingerprint density at radius 2 is 1.93 bits per heavy atom. The monoisotopic (exact) mass is 235 g/mol. The summed E-state index contributed by atoms with van der Waals surface area (Å²) < 4.78 is 50.9. The highest BCUT2D eigenvalue weighted by Gasteiger charge is 2.24. The van der Waals surface area contributed by atoms with E-state index < -0.39 is 26.9 Å². The summed E-state index contributed by atoms with van der Waals surface area (Å²) in [6.45, 7) is 1.30. The Bertz CT molecular complexity index is 459. The maximum absolute atomic E-state index is 13.3. The summed E-state index contributed by atoms with van der Waals surface area (Å²) >= 11 is 0. The van der Waals surface area contributed by atoms with Crippen molar-refractivity contribution in [1.29, 1.82) is 0 Å². The quantitative estimate of drug-likeness (QED) is 0.864. The van der Waals surface area contributed by atoms with Gasteiger partial charge >= 0.3 is 0 Å². The molecule has 1 atom stereocenters. The topological polar surface area (TPSA) is 46.2 Å². The van der Waals surface area contributed by atoms with E-state index in [9.17, 15) is 17.2 Å². The molecule has 1 N–H and O–H groups in total. The van der Waals surface area contributed by atoms with Gasteiger partial charge in [0.05, 0.1) is 0 Å². The van der Waals surface area contributed by atoms with Crippen LogP contribution in [0.5, 0.6) is 0 Å². The molecule has 3 nitrogen and oxygen atoms in total. The van der Waals surface area contributed by atoms with E-state index in [1.54, 1.807) is 0 Å². The number of sulfonamides is 1. The Balaban J connectivity index is 3.24. The highest BCUT2D eigenvalue weighted by Crippen LogP contribution is 2.24. The number of hydrogen-bond donors (Lipinski definition) is 1. The van der Waals surface area contributed by atoms with Crippen LogP contribution in [0.25, 0.3) is 0 Å². The summed E-state index contributed by atoms with van der Waals surface area (Å²) in [5.74, 6) is -2.17. The molecule has 1 rings (SSSR count). The van der Waals surface area contributed by atoms with E-state index in [0.717, 1.165) is 6.07 Å². The van der Waals surface area contributed by atoms with Crippen molar-refractivity contribution >= 4 is 10.0 Å². The number of rotatable bonds is 3. The van der Waals surface area contributed by atoms with Crippen molar-refractivity contribution in [2.24, 2.45) is 0 Å². The van der Waals surface area contributed by atoms with Gasteiger partial charge in [0.25, 0.3) is 0 Å². The smallest absolute Gasteiger partial charge is 0.218 e. The predicted octanol–water partition coefficient (Wildman–Crippen LogP) is 1.57. The Morgan fingerprint density at radius 3 is 2.47 bits per heavy atom. The van der Waals surface area contributed by atoms with Crippen LogP contribution in [0.4, 0.5) is 8.78 Å². The van der Waals surface area contributed by atoms with Crippen LogP contribution in [0.15, 0.2) is 18.2 Å². The predicted molar refractivity (Wildman–Crippen MR) is 52.8 cm³/mol. The van der Waals surface area contributed by atoms with Crippen molar-refractivity contribution in [3.8, 4) is 0 Å². The third-order valence-corrected chi connectivity index (χ3v) is 3.92. The van der Waals surface area contributed by atoms with Gasteiger partial charge in [-0.05, 0) is 20.0 Å². The lowest BCUT2D eigenvalue weighted by atomic mass is 10.1. The molecule has 0 amide bonds. The minimum atomic E-state index is -3.65. The molecular weight excluding hydrogens is 224 g/mol. The van der Waals surface area contributed by atoms with Gasteiger partial charge in [-0.3, -0.25) is 0 Å². The molecule has 0 fully saturated rings. The maximum Gasteiger partial charge on any atom is 0.218 e. The lowest BCUT2D eigenvalue weighted by Crippen LogP contribution is -2.24. The summed E-state index contributed by atoms with van der Waals surface area (Å²) in [6, 6.07) is 3.46. The Labute approximate surface area is 87.2 Å². The summed E-state index contributed by atoms with van der Waals surface area (Å²) in [6.07, 6.45) is 0. The van der Waals surface area contributed by atoms with Gasteiger partial charge in [0.15, 0.2) is 11.6 Å². The number of benzene rings is 1. The molecule has 15 heavy (non-hydrogen) atoms. The minimum Gasteiger partial charge on any atom is -0.218 e. The summed E-state index contributed by atoms with van der Waals surface area (Å²) in [7, 11) is -2.42. The van der Waals surface area contributed by atoms with Crippen LogP contribution >= 0.6 is 0 Å². The van der Waals surface area contributed by atoms with E-state index in [4.69, 9.17) is 0 Å². The third kappa shape index (κ3) is 2.32. The molecule has 1 unspecified atom stereocenters. The first kappa shape index (κ1) is 12.1. The standard InChI is InChI=1S/C9H11F2NO2S/c1-6(15(13,14)12-2)7-4-3-5-8(10)9(7)11/h3-6,12H,1-2H3. The average molecular weight is 235 g/mol. The van der Waals surface area contributed by atoms with Crippen molar-refractivity contribution in [1.82, 2.24) is 4.72 Å². The van der Waals surface area contributed by atoms with Crippen molar-refractivity contribution in [2.75, 3.05) is 7.05 Å². The summed E-state index contributed by atoms with van der Waals surface area (Å²) in [4.78, 5) is 0. The zero-order valence-electron chi connectivity index (χ0n) is 8.29. The van der Waals surface area contributed by atoms with Crippen LogP contribution < -0.4 is 4.72 Å². The van der Waals surface area contributed by atoms with Crippen molar-refractivity contribution < 1.29 is 17.2 Å². The summed E-state index contributed by atoms with van der Waals surface area (Å²) in [5, 5.41) is -1.13. The van der Waals surface area contributed by atoms with Crippen molar-refractivity contribution in [2.45, 2.75) is 12.2 Å². The average Bonchev–Trinajstić information content (AvgIpc) is 2.21. The number of hydrogen-bond acceptors (Lipinski definition) is 2. The molecule has 1 aromatic carbocycles. The van der Waals surface area contributed by atoms with Crippen molar-refractivity contribution in [3.63, 3.8) is 0 Å². The zero-order valence-corrected chi connectivity index (χ0v) is 9.11. The Hall–Kier alpha value is -1.01. The second-order valence-electron chi connectivity index (χ2n) is 3.03. The van der Waals surface area contributed by atoms with Gasteiger partial charge in [-0.2, -0.15) is 0 Å². The molecule has 0 saturated carbocycles. The summed E-state index contributed by atoms with van der Waals surface area (Å²) in [5.41, 5.74) is -0.177. The molecule has 6 heteroatoms. The third-order valence-electron chi connectivity index (χ3n) is 2.17. The molecule has 84 valence electrons. The van der Waals surface area contributed by atoms with Crippen LogP contribution in [-0.2, 0) is 10.0 Å². The first-order valence-electron chi connectivity index (χ1n) is 4.26. The maximum atomic E-state index is 13.3. The molecule has 0 saturated heterocycles. The number of nitrogens with one attached hydrogen (secondary N) is 1. The molecule has 0 aliphatic heterocycles. The molecule has 0 bridgehead atoms. The zero-order chi connectivity index (χ0) is 11.6. The minimum absolute atomic E-state index is 0.177. The highest BCUT2D eigenvalue weighted by atomic mass is 32.2. The Morgan fingerprint density at radius 1 is 1.33 bits per heavy atom. The van der Waals surface area contributed by atoms with Crippen LogP contribution in [-0.4, -0.2) is 15.5 Å². The number of halogens is 2. The fourth-order valence-corrected chi connectivity index (χ4v) is 2.05. The van der Waals surface area contributed by atoms with Crippen LogP contribution in [0.1, 0.15) is 17.7 Å². The van der Waals surface area contributed by atoms with E-state index in [-0.39, 0.29) is 5.56 Å². The molecule has 0 aromatic heterocycles. The SMILES string of the molecule is CNS(=O)(=O)C(C)c1cccc(F)c1F. The highest BCUT2D eigenvalue weighted by molar-refractivity contribution is 7.89. The molecule has 0 aliphatic carbocycles. The van der Waals surface area contributed by atoms with Gasteiger partial charge in [0, 0.05) is 5.56 Å². The van der Waals surface area contributed by atoms with E-state index in [1.165, 1.54) is 26.1 Å². The van der Waals surface area contributed by atoms with Gasteiger partial charge in [-0.1, -0.05) is 12.1 Å².